The summed E-state index contributed by atoms with van der Waals surface area (Å²) in [6.45, 7) is 2.36. The standard InChI is InChI=1S/C14H24N2O2/c17-14(9-15-8-10-4-5-10)16-12-2-1-3-13-11(12)6-7-18-13/h10-13,15H,1-9H2,(H,16,17). The largest absolute Gasteiger partial charge is 0.378 e. The number of ether oxygens (including phenoxy) is 1. The molecular formula is C14H24N2O2. The highest BCUT2D eigenvalue weighted by Crippen LogP contribution is 2.34. The molecule has 1 aliphatic heterocycles. The van der Waals surface area contributed by atoms with E-state index < -0.39 is 0 Å². The lowest BCUT2D eigenvalue weighted by Crippen LogP contribution is -2.48. The number of amides is 1. The van der Waals surface area contributed by atoms with Crippen LogP contribution in [-0.2, 0) is 9.53 Å². The molecule has 3 aliphatic rings. The third-order valence-electron chi connectivity index (χ3n) is 4.54. The zero-order valence-electron chi connectivity index (χ0n) is 11.0. The van der Waals surface area contributed by atoms with Gasteiger partial charge in [0, 0.05) is 18.6 Å². The summed E-state index contributed by atoms with van der Waals surface area (Å²) in [5.74, 6) is 1.56. The van der Waals surface area contributed by atoms with Crippen molar-refractivity contribution in [3.63, 3.8) is 0 Å². The van der Waals surface area contributed by atoms with Gasteiger partial charge in [-0.3, -0.25) is 4.79 Å². The predicted molar refractivity (Wildman–Crippen MR) is 69.2 cm³/mol. The van der Waals surface area contributed by atoms with Crippen LogP contribution in [0.1, 0.15) is 38.5 Å². The lowest BCUT2D eigenvalue weighted by molar-refractivity contribution is -0.121. The van der Waals surface area contributed by atoms with Crippen molar-refractivity contribution in [2.45, 2.75) is 50.7 Å². The van der Waals surface area contributed by atoms with Gasteiger partial charge >= 0.3 is 0 Å². The molecule has 3 unspecified atom stereocenters. The van der Waals surface area contributed by atoms with Gasteiger partial charge in [0.2, 0.25) is 5.91 Å². The smallest absolute Gasteiger partial charge is 0.234 e. The quantitative estimate of drug-likeness (QED) is 0.769. The monoisotopic (exact) mass is 252 g/mol. The van der Waals surface area contributed by atoms with Gasteiger partial charge in [-0.1, -0.05) is 0 Å². The molecule has 2 saturated carbocycles. The third kappa shape index (κ3) is 3.04. The first-order chi connectivity index (χ1) is 8.83. The second kappa shape index (κ2) is 5.57. The minimum atomic E-state index is 0.160. The Balaban J connectivity index is 1.41. The zero-order chi connectivity index (χ0) is 12.4. The van der Waals surface area contributed by atoms with E-state index in [1.807, 2.05) is 0 Å². The molecule has 2 N–H and O–H groups in total. The van der Waals surface area contributed by atoms with E-state index in [1.165, 1.54) is 25.7 Å². The predicted octanol–water partition coefficient (Wildman–Crippen LogP) is 1.06. The van der Waals surface area contributed by atoms with E-state index in [1.54, 1.807) is 0 Å². The Morgan fingerprint density at radius 1 is 1.17 bits per heavy atom. The molecule has 0 aromatic rings. The molecule has 1 saturated heterocycles. The van der Waals surface area contributed by atoms with Crippen molar-refractivity contribution in [3.05, 3.63) is 0 Å². The minimum absolute atomic E-state index is 0.160. The summed E-state index contributed by atoms with van der Waals surface area (Å²) < 4.78 is 5.72. The molecule has 0 spiro atoms. The average Bonchev–Trinajstić information content (AvgIpc) is 3.05. The van der Waals surface area contributed by atoms with Gasteiger partial charge in [0.1, 0.15) is 0 Å². The van der Waals surface area contributed by atoms with E-state index in [0.29, 0.717) is 24.6 Å². The lowest BCUT2D eigenvalue weighted by atomic mass is 9.82. The molecule has 4 nitrogen and oxygen atoms in total. The highest BCUT2D eigenvalue weighted by molar-refractivity contribution is 5.78. The van der Waals surface area contributed by atoms with Gasteiger partial charge in [-0.25, -0.2) is 0 Å². The number of hydrogen-bond acceptors (Lipinski definition) is 3. The molecule has 0 aromatic carbocycles. The number of fused-ring (bicyclic) bond motifs is 1. The summed E-state index contributed by atoms with van der Waals surface area (Å²) in [4.78, 5) is 11.9. The van der Waals surface area contributed by atoms with E-state index in [4.69, 9.17) is 4.74 Å². The van der Waals surface area contributed by atoms with Crippen LogP contribution >= 0.6 is 0 Å². The summed E-state index contributed by atoms with van der Waals surface area (Å²) in [5.41, 5.74) is 0. The molecule has 1 amide bonds. The van der Waals surface area contributed by atoms with Crippen molar-refractivity contribution >= 4 is 5.91 Å². The fraction of sp³-hybridized carbons (Fsp3) is 0.929. The second-order valence-corrected chi connectivity index (χ2v) is 6.04. The first-order valence-electron chi connectivity index (χ1n) is 7.44. The summed E-state index contributed by atoms with van der Waals surface area (Å²) in [6.07, 6.45) is 7.67. The summed E-state index contributed by atoms with van der Waals surface area (Å²) >= 11 is 0. The van der Waals surface area contributed by atoms with Gasteiger partial charge in [-0.05, 0) is 51.0 Å². The first-order valence-corrected chi connectivity index (χ1v) is 7.44. The highest BCUT2D eigenvalue weighted by atomic mass is 16.5. The van der Waals surface area contributed by atoms with Crippen molar-refractivity contribution in [3.8, 4) is 0 Å². The molecule has 0 radical (unpaired) electrons. The summed E-state index contributed by atoms with van der Waals surface area (Å²) in [6, 6.07) is 0.349. The fourth-order valence-corrected chi connectivity index (χ4v) is 3.32. The van der Waals surface area contributed by atoms with Crippen LogP contribution in [0.15, 0.2) is 0 Å². The van der Waals surface area contributed by atoms with Crippen molar-refractivity contribution < 1.29 is 9.53 Å². The van der Waals surface area contributed by atoms with Crippen molar-refractivity contribution in [1.29, 1.82) is 0 Å². The van der Waals surface area contributed by atoms with Crippen LogP contribution in [-0.4, -0.2) is 37.7 Å². The highest BCUT2D eigenvalue weighted by Gasteiger charge is 2.38. The van der Waals surface area contributed by atoms with Gasteiger partial charge < -0.3 is 15.4 Å². The minimum Gasteiger partial charge on any atom is -0.378 e. The maximum absolute atomic E-state index is 11.9. The normalized spacial score (nSPS) is 35.2. The number of rotatable bonds is 5. The van der Waals surface area contributed by atoms with Crippen LogP contribution in [0.2, 0.25) is 0 Å². The van der Waals surface area contributed by atoms with Crippen molar-refractivity contribution in [2.75, 3.05) is 19.7 Å². The molecule has 3 atom stereocenters. The maximum atomic E-state index is 11.9. The number of carbonyl (C=O) groups is 1. The van der Waals surface area contributed by atoms with Crippen LogP contribution in [0, 0.1) is 11.8 Å². The van der Waals surface area contributed by atoms with Crippen molar-refractivity contribution in [2.24, 2.45) is 11.8 Å². The number of nitrogens with one attached hydrogen (secondary N) is 2. The van der Waals surface area contributed by atoms with Gasteiger partial charge in [0.15, 0.2) is 0 Å². The van der Waals surface area contributed by atoms with Gasteiger partial charge in [-0.2, -0.15) is 0 Å². The SMILES string of the molecule is O=C(CNCC1CC1)NC1CCCC2OCCC12. The average molecular weight is 252 g/mol. The molecule has 4 heteroatoms. The van der Waals surface area contributed by atoms with Gasteiger partial charge in [-0.15, -0.1) is 0 Å². The van der Waals surface area contributed by atoms with E-state index in [-0.39, 0.29) is 5.91 Å². The van der Waals surface area contributed by atoms with Crippen LogP contribution in [0.3, 0.4) is 0 Å². The van der Waals surface area contributed by atoms with Crippen LogP contribution in [0.5, 0.6) is 0 Å². The molecule has 3 rings (SSSR count). The Bertz CT molecular complexity index is 304. The Hall–Kier alpha value is -0.610. The number of hydrogen-bond donors (Lipinski definition) is 2. The Kier molecular flexibility index (Phi) is 3.85. The van der Waals surface area contributed by atoms with Crippen LogP contribution in [0.4, 0.5) is 0 Å². The van der Waals surface area contributed by atoms with Crippen LogP contribution in [0.25, 0.3) is 0 Å². The fourth-order valence-electron chi connectivity index (χ4n) is 3.32. The number of carbonyl (C=O) groups excluding carboxylic acids is 1. The van der Waals surface area contributed by atoms with Gasteiger partial charge in [0.05, 0.1) is 12.6 Å². The molecule has 0 bridgehead atoms. The second-order valence-electron chi connectivity index (χ2n) is 6.04. The maximum Gasteiger partial charge on any atom is 0.234 e. The Labute approximate surface area is 109 Å². The zero-order valence-corrected chi connectivity index (χ0v) is 11.0. The molecule has 0 aromatic heterocycles. The molecule has 102 valence electrons. The summed E-state index contributed by atoms with van der Waals surface area (Å²) in [5, 5.41) is 6.46. The third-order valence-corrected chi connectivity index (χ3v) is 4.54. The van der Waals surface area contributed by atoms with Crippen molar-refractivity contribution in [1.82, 2.24) is 10.6 Å². The summed E-state index contributed by atoms with van der Waals surface area (Å²) in [7, 11) is 0. The van der Waals surface area contributed by atoms with E-state index in [2.05, 4.69) is 10.6 Å². The molecule has 2 aliphatic carbocycles. The van der Waals surface area contributed by atoms with Crippen LogP contribution < -0.4 is 10.6 Å². The van der Waals surface area contributed by atoms with E-state index in [9.17, 15) is 4.79 Å². The topological polar surface area (TPSA) is 50.4 Å². The Morgan fingerprint density at radius 3 is 2.89 bits per heavy atom. The van der Waals surface area contributed by atoms with E-state index in [0.717, 1.165) is 31.9 Å². The first kappa shape index (κ1) is 12.4. The molecule has 1 heterocycles. The molecule has 18 heavy (non-hydrogen) atoms. The van der Waals surface area contributed by atoms with Gasteiger partial charge in [0.25, 0.3) is 0 Å². The lowest BCUT2D eigenvalue weighted by Gasteiger charge is -2.33. The van der Waals surface area contributed by atoms with E-state index >= 15 is 0 Å². The Morgan fingerprint density at radius 2 is 2.06 bits per heavy atom. The molecular weight excluding hydrogens is 228 g/mol. The molecule has 3 fully saturated rings.